The molecule has 0 aliphatic carbocycles. The molecule has 1 atom stereocenters. The van der Waals surface area contributed by atoms with Crippen molar-refractivity contribution in [2.45, 2.75) is 12.7 Å². The number of carbonyl (C=O) groups is 1. The number of fused-ring (bicyclic) bond motifs is 1. The number of benzene rings is 3. The van der Waals surface area contributed by atoms with Gasteiger partial charge in [-0.05, 0) is 23.8 Å². The predicted molar refractivity (Wildman–Crippen MR) is 95.6 cm³/mol. The molecule has 0 saturated carbocycles. The average molecular weight is 314 g/mol. The van der Waals surface area contributed by atoms with Crippen LogP contribution in [0.2, 0.25) is 0 Å². The minimum absolute atomic E-state index is 0.0721. The number of hydrogen-bond donors (Lipinski definition) is 1. The van der Waals surface area contributed by atoms with Gasteiger partial charge in [0.1, 0.15) is 6.17 Å². The third-order valence-electron chi connectivity index (χ3n) is 4.33. The zero-order valence-electron chi connectivity index (χ0n) is 13.2. The van der Waals surface area contributed by atoms with Crippen LogP contribution in [0.15, 0.2) is 84.9 Å². The van der Waals surface area contributed by atoms with Crippen LogP contribution in [0.5, 0.6) is 0 Å². The monoisotopic (exact) mass is 314 g/mol. The SMILES string of the molecule is O=C1c2ccccc2C(Nc2ccccc2)N1Cc1ccccc1. The van der Waals surface area contributed by atoms with E-state index in [1.54, 1.807) is 0 Å². The van der Waals surface area contributed by atoms with Gasteiger partial charge in [0.15, 0.2) is 0 Å². The second kappa shape index (κ2) is 6.20. The Kier molecular flexibility index (Phi) is 3.75. The topological polar surface area (TPSA) is 32.3 Å². The first kappa shape index (κ1) is 14.5. The van der Waals surface area contributed by atoms with Crippen LogP contribution in [-0.2, 0) is 6.54 Å². The smallest absolute Gasteiger partial charge is 0.256 e. The Hall–Kier alpha value is -3.07. The summed E-state index contributed by atoms with van der Waals surface area (Å²) in [5, 5.41) is 3.50. The van der Waals surface area contributed by atoms with Gasteiger partial charge in [-0.2, -0.15) is 0 Å². The van der Waals surface area contributed by atoms with Gasteiger partial charge in [0.05, 0.1) is 0 Å². The summed E-state index contributed by atoms with van der Waals surface area (Å²) >= 11 is 0. The van der Waals surface area contributed by atoms with Gasteiger partial charge < -0.3 is 10.2 Å². The maximum Gasteiger partial charge on any atom is 0.256 e. The quantitative estimate of drug-likeness (QED) is 0.771. The Bertz CT molecular complexity index is 846. The van der Waals surface area contributed by atoms with Crippen LogP contribution in [0.25, 0.3) is 0 Å². The number of amides is 1. The van der Waals surface area contributed by atoms with Crippen molar-refractivity contribution in [1.29, 1.82) is 0 Å². The molecule has 118 valence electrons. The van der Waals surface area contributed by atoms with Crippen molar-refractivity contribution in [3.63, 3.8) is 0 Å². The fraction of sp³-hybridized carbons (Fsp3) is 0.0952. The second-order valence-electron chi connectivity index (χ2n) is 5.92. The van der Waals surface area contributed by atoms with Gasteiger partial charge in [-0.3, -0.25) is 4.79 Å². The van der Waals surface area contributed by atoms with Gasteiger partial charge in [0.2, 0.25) is 0 Å². The van der Waals surface area contributed by atoms with Gasteiger partial charge >= 0.3 is 0 Å². The predicted octanol–water partition coefficient (Wildman–Crippen LogP) is 4.45. The molecule has 0 spiro atoms. The van der Waals surface area contributed by atoms with E-state index in [1.165, 1.54) is 0 Å². The van der Waals surface area contributed by atoms with E-state index < -0.39 is 0 Å². The lowest BCUT2D eigenvalue weighted by Crippen LogP contribution is -2.31. The summed E-state index contributed by atoms with van der Waals surface area (Å²) in [6.07, 6.45) is -0.156. The number of rotatable bonds is 4. The molecule has 0 aromatic heterocycles. The zero-order chi connectivity index (χ0) is 16.4. The highest BCUT2D eigenvalue weighted by Gasteiger charge is 2.36. The molecule has 0 saturated heterocycles. The van der Waals surface area contributed by atoms with E-state index in [9.17, 15) is 4.79 Å². The number of nitrogens with zero attached hydrogens (tertiary/aromatic N) is 1. The summed E-state index contributed by atoms with van der Waals surface area (Å²) in [7, 11) is 0. The third-order valence-corrected chi connectivity index (χ3v) is 4.33. The highest BCUT2D eigenvalue weighted by atomic mass is 16.2. The average Bonchev–Trinajstić information content (AvgIpc) is 2.90. The van der Waals surface area contributed by atoms with Crippen molar-refractivity contribution in [3.05, 3.63) is 102 Å². The van der Waals surface area contributed by atoms with Gasteiger partial charge in [0.25, 0.3) is 5.91 Å². The summed E-state index contributed by atoms with van der Waals surface area (Å²) in [5.41, 5.74) is 3.94. The first-order valence-electron chi connectivity index (χ1n) is 8.08. The van der Waals surface area contributed by atoms with Crippen molar-refractivity contribution in [2.75, 3.05) is 5.32 Å². The molecule has 3 aromatic rings. The molecule has 0 bridgehead atoms. The number of para-hydroxylation sites is 1. The fourth-order valence-corrected chi connectivity index (χ4v) is 3.16. The molecule has 1 aliphatic heterocycles. The Morgan fingerprint density at radius 1 is 0.792 bits per heavy atom. The van der Waals surface area contributed by atoms with Crippen molar-refractivity contribution in [1.82, 2.24) is 4.90 Å². The minimum Gasteiger partial charge on any atom is -0.361 e. The van der Waals surface area contributed by atoms with Crippen LogP contribution >= 0.6 is 0 Å². The second-order valence-corrected chi connectivity index (χ2v) is 5.92. The molecule has 1 unspecified atom stereocenters. The molecule has 1 N–H and O–H groups in total. The summed E-state index contributed by atoms with van der Waals surface area (Å²) in [4.78, 5) is 14.8. The van der Waals surface area contributed by atoms with Crippen LogP contribution in [0.3, 0.4) is 0 Å². The summed E-state index contributed by atoms with van der Waals surface area (Å²) in [6.45, 7) is 0.582. The van der Waals surface area contributed by atoms with Crippen LogP contribution in [-0.4, -0.2) is 10.8 Å². The molecule has 3 nitrogen and oxygen atoms in total. The van der Waals surface area contributed by atoms with Crippen molar-refractivity contribution in [2.24, 2.45) is 0 Å². The molecular weight excluding hydrogens is 296 g/mol. The van der Waals surface area contributed by atoms with E-state index in [1.807, 2.05) is 77.7 Å². The number of carbonyl (C=O) groups excluding carboxylic acids is 1. The van der Waals surface area contributed by atoms with Crippen LogP contribution in [0, 0.1) is 0 Å². The number of anilines is 1. The molecular formula is C21H18N2O. The van der Waals surface area contributed by atoms with E-state index in [0.717, 1.165) is 22.4 Å². The third kappa shape index (κ3) is 2.65. The normalized spacial score (nSPS) is 16.1. The molecule has 24 heavy (non-hydrogen) atoms. The first-order chi connectivity index (χ1) is 11.8. The maximum atomic E-state index is 12.9. The zero-order valence-corrected chi connectivity index (χ0v) is 13.2. The standard InChI is InChI=1S/C21H18N2O/c24-21-19-14-8-7-13-18(19)20(22-17-11-5-2-6-12-17)23(21)15-16-9-3-1-4-10-16/h1-14,20,22H,15H2. The van der Waals surface area contributed by atoms with E-state index in [4.69, 9.17) is 0 Å². The Labute approximate surface area is 141 Å². The Balaban J connectivity index is 1.69. The van der Waals surface area contributed by atoms with Crippen LogP contribution in [0.4, 0.5) is 5.69 Å². The van der Waals surface area contributed by atoms with Crippen molar-refractivity contribution >= 4 is 11.6 Å². The lowest BCUT2D eigenvalue weighted by Gasteiger charge is -2.27. The van der Waals surface area contributed by atoms with Crippen LogP contribution < -0.4 is 5.32 Å². The highest BCUT2D eigenvalue weighted by molar-refractivity contribution is 5.99. The van der Waals surface area contributed by atoms with E-state index in [-0.39, 0.29) is 12.1 Å². The van der Waals surface area contributed by atoms with E-state index in [2.05, 4.69) is 17.4 Å². The molecule has 4 rings (SSSR count). The largest absolute Gasteiger partial charge is 0.361 e. The summed E-state index contributed by atoms with van der Waals surface area (Å²) in [5.74, 6) is 0.0721. The molecule has 3 heteroatoms. The van der Waals surface area contributed by atoms with E-state index in [0.29, 0.717) is 6.54 Å². The first-order valence-corrected chi connectivity index (χ1v) is 8.08. The Morgan fingerprint density at radius 3 is 2.17 bits per heavy atom. The van der Waals surface area contributed by atoms with Crippen molar-refractivity contribution < 1.29 is 4.79 Å². The van der Waals surface area contributed by atoms with Crippen molar-refractivity contribution in [3.8, 4) is 0 Å². The van der Waals surface area contributed by atoms with Gasteiger partial charge in [0, 0.05) is 23.4 Å². The minimum atomic E-state index is -0.156. The Morgan fingerprint density at radius 2 is 1.42 bits per heavy atom. The highest BCUT2D eigenvalue weighted by Crippen LogP contribution is 2.35. The van der Waals surface area contributed by atoms with E-state index >= 15 is 0 Å². The fourth-order valence-electron chi connectivity index (χ4n) is 3.16. The molecule has 1 aliphatic rings. The molecule has 1 heterocycles. The number of nitrogens with one attached hydrogen (secondary N) is 1. The molecule has 1 amide bonds. The molecule has 0 fully saturated rings. The van der Waals surface area contributed by atoms with Crippen LogP contribution in [0.1, 0.15) is 27.7 Å². The molecule has 3 aromatic carbocycles. The summed E-state index contributed by atoms with van der Waals surface area (Å²) < 4.78 is 0. The lowest BCUT2D eigenvalue weighted by molar-refractivity contribution is 0.0729. The lowest BCUT2D eigenvalue weighted by atomic mass is 10.1. The van der Waals surface area contributed by atoms with Gasteiger partial charge in [-0.1, -0.05) is 66.7 Å². The maximum absolute atomic E-state index is 12.9. The molecule has 0 radical (unpaired) electrons. The number of hydrogen-bond acceptors (Lipinski definition) is 2. The summed E-state index contributed by atoms with van der Waals surface area (Å²) in [6, 6.07) is 27.9. The van der Waals surface area contributed by atoms with Gasteiger partial charge in [-0.25, -0.2) is 0 Å². The van der Waals surface area contributed by atoms with Gasteiger partial charge in [-0.15, -0.1) is 0 Å².